The van der Waals surface area contributed by atoms with E-state index >= 15 is 0 Å². The van der Waals surface area contributed by atoms with E-state index in [0.717, 1.165) is 79.3 Å². The van der Waals surface area contributed by atoms with Gasteiger partial charge in [-0.3, -0.25) is 9.36 Å². The van der Waals surface area contributed by atoms with Gasteiger partial charge in [-0.25, -0.2) is 19.9 Å². The van der Waals surface area contributed by atoms with Gasteiger partial charge in [-0.2, -0.15) is 0 Å². The molecule has 12 heteroatoms. The van der Waals surface area contributed by atoms with Crippen LogP contribution < -0.4 is 21.5 Å². The minimum atomic E-state index is -0.111. The van der Waals surface area contributed by atoms with Gasteiger partial charge in [0, 0.05) is 42.0 Å². The van der Waals surface area contributed by atoms with E-state index in [2.05, 4.69) is 32.1 Å². The molecule has 0 saturated carbocycles. The Hall–Kier alpha value is -2.73. The summed E-state index contributed by atoms with van der Waals surface area (Å²) >= 11 is 8.14. The molecule has 0 amide bonds. The average molecular weight is 526 g/mol. The molecule has 0 spiro atoms. The molecule has 0 aliphatic carbocycles. The average Bonchev–Trinajstić information content (AvgIpc) is 3.47. The summed E-state index contributed by atoms with van der Waals surface area (Å²) in [6.07, 6.45) is 6.64. The number of aryl methyl sites for hydroxylation is 1. The number of aromatic nitrogens is 6. The number of hydrogen-bond acceptors (Lipinski definition) is 9. The number of rotatable bonds is 5. The lowest BCUT2D eigenvalue weighted by Gasteiger charge is -2.25. The number of piperidine rings is 1. The lowest BCUT2D eigenvalue weighted by Crippen LogP contribution is -2.34. The molecule has 4 aromatic heterocycles. The van der Waals surface area contributed by atoms with Crippen LogP contribution in [0.15, 0.2) is 33.3 Å². The molecular weight excluding hydrogens is 498 g/mol. The highest BCUT2D eigenvalue weighted by Crippen LogP contribution is 2.37. The van der Waals surface area contributed by atoms with Gasteiger partial charge in [0.05, 0.1) is 16.6 Å². The van der Waals surface area contributed by atoms with Crippen molar-refractivity contribution in [3.63, 3.8) is 0 Å². The topological polar surface area (TPSA) is 131 Å². The fourth-order valence-corrected chi connectivity index (χ4v) is 6.26. The summed E-state index contributed by atoms with van der Waals surface area (Å²) in [5.74, 6) is 0.808. The predicted octanol–water partition coefficient (Wildman–Crippen LogP) is 2.89. The Labute approximate surface area is 217 Å². The summed E-state index contributed by atoms with van der Waals surface area (Å²) in [5, 5.41) is 5.45. The quantitative estimate of drug-likeness (QED) is 0.336. The molecule has 10 nitrogen and oxygen atoms in total. The number of nitrogens with one attached hydrogen (secondary N) is 2. The molecule has 2 aliphatic rings. The van der Waals surface area contributed by atoms with E-state index in [0.29, 0.717) is 21.3 Å². The Bertz CT molecular complexity index is 1500. The molecule has 0 radical (unpaired) electrons. The fraction of sp³-hybridized carbons (Fsp3) is 0.458. The SMILES string of the molecule is CCc1[nH]c2nc(Sc3cnc4c(c3)ncc(=O)n4C3CCNCC3)nc(N3CC[C@@H](N)C3)c2c1Cl. The molecule has 0 aromatic carbocycles. The largest absolute Gasteiger partial charge is 0.354 e. The smallest absolute Gasteiger partial charge is 0.270 e. The van der Waals surface area contributed by atoms with E-state index < -0.39 is 0 Å². The second-order valence-electron chi connectivity index (χ2n) is 9.38. The highest BCUT2D eigenvalue weighted by molar-refractivity contribution is 7.99. The summed E-state index contributed by atoms with van der Waals surface area (Å²) in [6.45, 7) is 5.40. The van der Waals surface area contributed by atoms with Crippen LogP contribution in [0.25, 0.3) is 22.2 Å². The van der Waals surface area contributed by atoms with Crippen LogP contribution in [-0.2, 0) is 6.42 Å². The van der Waals surface area contributed by atoms with Crippen LogP contribution in [0.2, 0.25) is 5.02 Å². The first-order valence-corrected chi connectivity index (χ1v) is 13.6. The van der Waals surface area contributed by atoms with Crippen molar-refractivity contribution in [2.24, 2.45) is 5.73 Å². The third-order valence-corrected chi connectivity index (χ3v) is 8.23. The normalized spacial score (nSPS) is 19.1. The summed E-state index contributed by atoms with van der Waals surface area (Å²) in [4.78, 5) is 37.8. The summed E-state index contributed by atoms with van der Waals surface area (Å²) in [6, 6.07) is 2.19. The van der Waals surface area contributed by atoms with Crippen LogP contribution in [0.1, 0.15) is 37.9 Å². The maximum Gasteiger partial charge on any atom is 0.270 e. The first-order valence-electron chi connectivity index (χ1n) is 12.4. The number of nitrogens with zero attached hydrogens (tertiary/aromatic N) is 6. The number of pyridine rings is 1. The first kappa shape index (κ1) is 23.7. The van der Waals surface area contributed by atoms with Crippen molar-refractivity contribution < 1.29 is 0 Å². The van der Waals surface area contributed by atoms with E-state index in [9.17, 15) is 4.79 Å². The van der Waals surface area contributed by atoms with Crippen molar-refractivity contribution in [3.05, 3.63) is 39.5 Å². The Morgan fingerprint density at radius 3 is 2.78 bits per heavy atom. The standard InChI is InChI=1S/C24H28ClN9OS/c1-2-16-20(25)19-21(30-16)31-24(32-23(19)33-8-5-13(26)12-33)36-15-9-17-22(29-10-15)34(18(35)11-28-17)14-3-6-27-7-4-14/h9-11,13-14,27H,2-8,12,26H2,1H3,(H,30,31,32)/t13-/m1/s1. The maximum absolute atomic E-state index is 12.7. The Kier molecular flexibility index (Phi) is 6.32. The molecule has 4 aromatic rings. The van der Waals surface area contributed by atoms with E-state index in [1.807, 2.05) is 6.07 Å². The van der Waals surface area contributed by atoms with Crippen LogP contribution >= 0.6 is 23.4 Å². The van der Waals surface area contributed by atoms with Crippen molar-refractivity contribution in [1.82, 2.24) is 34.8 Å². The molecule has 1 atom stereocenters. The minimum Gasteiger partial charge on any atom is -0.354 e. The Morgan fingerprint density at radius 2 is 2.03 bits per heavy atom. The van der Waals surface area contributed by atoms with Crippen LogP contribution in [0.5, 0.6) is 0 Å². The van der Waals surface area contributed by atoms with Crippen molar-refractivity contribution in [3.8, 4) is 0 Å². The molecule has 0 bridgehead atoms. The zero-order chi connectivity index (χ0) is 24.8. The predicted molar refractivity (Wildman–Crippen MR) is 142 cm³/mol. The van der Waals surface area contributed by atoms with Crippen LogP contribution in [0.3, 0.4) is 0 Å². The molecule has 4 N–H and O–H groups in total. The third-order valence-electron chi connectivity index (χ3n) is 6.99. The van der Waals surface area contributed by atoms with Crippen LogP contribution in [0, 0.1) is 0 Å². The van der Waals surface area contributed by atoms with Crippen molar-refractivity contribution in [2.75, 3.05) is 31.1 Å². The Balaban J connectivity index is 1.39. The highest BCUT2D eigenvalue weighted by atomic mass is 35.5. The molecule has 188 valence electrons. The van der Waals surface area contributed by atoms with E-state index in [4.69, 9.17) is 27.3 Å². The number of hydrogen-bond donors (Lipinski definition) is 3. The number of H-pyrrole nitrogens is 1. The summed E-state index contributed by atoms with van der Waals surface area (Å²) in [7, 11) is 0. The third kappa shape index (κ3) is 4.23. The number of halogens is 1. The number of fused-ring (bicyclic) bond motifs is 2. The summed E-state index contributed by atoms with van der Waals surface area (Å²) < 4.78 is 1.79. The monoisotopic (exact) mass is 525 g/mol. The van der Waals surface area contributed by atoms with Crippen LogP contribution in [-0.4, -0.2) is 61.7 Å². The Morgan fingerprint density at radius 1 is 1.19 bits per heavy atom. The number of aromatic amines is 1. The second-order valence-corrected chi connectivity index (χ2v) is 10.8. The van der Waals surface area contributed by atoms with E-state index in [-0.39, 0.29) is 17.6 Å². The van der Waals surface area contributed by atoms with Gasteiger partial charge in [0.15, 0.2) is 10.8 Å². The van der Waals surface area contributed by atoms with Crippen molar-refractivity contribution in [1.29, 1.82) is 0 Å². The maximum atomic E-state index is 12.7. The van der Waals surface area contributed by atoms with E-state index in [1.54, 1.807) is 10.8 Å². The van der Waals surface area contributed by atoms with Gasteiger partial charge in [-0.1, -0.05) is 18.5 Å². The van der Waals surface area contributed by atoms with Gasteiger partial charge in [0.2, 0.25) is 0 Å². The van der Waals surface area contributed by atoms with Gasteiger partial charge in [0.25, 0.3) is 5.56 Å². The first-order chi connectivity index (χ1) is 17.5. The highest BCUT2D eigenvalue weighted by Gasteiger charge is 2.26. The van der Waals surface area contributed by atoms with Gasteiger partial charge >= 0.3 is 0 Å². The van der Waals surface area contributed by atoms with Crippen LogP contribution in [0.4, 0.5) is 5.82 Å². The lowest BCUT2D eigenvalue weighted by molar-refractivity contribution is 0.367. The number of nitrogens with two attached hydrogens (primary N) is 1. The zero-order valence-corrected chi connectivity index (χ0v) is 21.6. The van der Waals surface area contributed by atoms with Gasteiger partial charge in [-0.05, 0) is 56.6 Å². The second kappa shape index (κ2) is 9.62. The molecule has 6 rings (SSSR count). The number of anilines is 1. The van der Waals surface area contributed by atoms with Gasteiger partial charge in [-0.15, -0.1) is 0 Å². The zero-order valence-electron chi connectivity index (χ0n) is 20.0. The molecule has 6 heterocycles. The molecule has 2 aliphatic heterocycles. The summed E-state index contributed by atoms with van der Waals surface area (Å²) in [5.41, 5.74) is 9.04. The molecule has 0 unspecified atom stereocenters. The molecule has 36 heavy (non-hydrogen) atoms. The minimum absolute atomic E-state index is 0.111. The lowest BCUT2D eigenvalue weighted by atomic mass is 10.1. The van der Waals surface area contributed by atoms with Gasteiger partial charge < -0.3 is 20.9 Å². The molecular formula is C24H28ClN9OS. The van der Waals surface area contributed by atoms with Crippen molar-refractivity contribution in [2.45, 2.75) is 54.7 Å². The molecule has 2 saturated heterocycles. The van der Waals surface area contributed by atoms with Crippen molar-refractivity contribution >= 4 is 51.4 Å². The van der Waals surface area contributed by atoms with Gasteiger partial charge in [0.1, 0.15) is 17.0 Å². The fourth-order valence-electron chi connectivity index (χ4n) is 5.15. The van der Waals surface area contributed by atoms with E-state index in [1.165, 1.54) is 18.0 Å². The molecule has 2 fully saturated rings.